The number of nitrogens with zero attached hydrogens (tertiary/aromatic N) is 2. The third-order valence-corrected chi connectivity index (χ3v) is 1.86. The summed E-state index contributed by atoms with van der Waals surface area (Å²) in [6.07, 6.45) is 0. The van der Waals surface area contributed by atoms with E-state index < -0.39 is 0 Å². The predicted molar refractivity (Wildman–Crippen MR) is 59.6 cm³/mol. The van der Waals surface area contributed by atoms with Crippen molar-refractivity contribution in [3.05, 3.63) is 36.2 Å². The summed E-state index contributed by atoms with van der Waals surface area (Å²) in [5, 5.41) is 3.84. The standard InChI is InChI=1S/C10H11N3O.ClH/c1-7(11)10-12-9(13-14-10)8-5-3-2-4-6-8;/h2-7H,11H2,1H3;1H/t7-;/m0./s1. The summed E-state index contributed by atoms with van der Waals surface area (Å²) in [5.74, 6) is 1.04. The van der Waals surface area contributed by atoms with Crippen LogP contribution in [0.25, 0.3) is 11.4 Å². The Bertz CT molecular complexity index is 414. The maximum absolute atomic E-state index is 5.61. The van der Waals surface area contributed by atoms with Gasteiger partial charge in [-0.25, -0.2) is 0 Å². The smallest absolute Gasteiger partial charge is 0.243 e. The van der Waals surface area contributed by atoms with Crippen molar-refractivity contribution in [2.75, 3.05) is 0 Å². The molecule has 0 saturated carbocycles. The molecule has 1 aromatic heterocycles. The van der Waals surface area contributed by atoms with Crippen molar-refractivity contribution in [2.24, 2.45) is 5.73 Å². The zero-order valence-electron chi connectivity index (χ0n) is 8.25. The lowest BCUT2D eigenvalue weighted by molar-refractivity contribution is 0.362. The molecule has 0 aliphatic heterocycles. The highest BCUT2D eigenvalue weighted by Gasteiger charge is 2.10. The molecule has 0 spiro atoms. The largest absolute Gasteiger partial charge is 0.337 e. The lowest BCUT2D eigenvalue weighted by Crippen LogP contribution is -2.04. The van der Waals surface area contributed by atoms with Gasteiger partial charge < -0.3 is 10.3 Å². The zero-order valence-corrected chi connectivity index (χ0v) is 9.07. The van der Waals surface area contributed by atoms with Crippen molar-refractivity contribution in [1.29, 1.82) is 0 Å². The van der Waals surface area contributed by atoms with Gasteiger partial charge >= 0.3 is 0 Å². The monoisotopic (exact) mass is 225 g/mol. The minimum Gasteiger partial charge on any atom is -0.337 e. The number of hydrogen-bond donors (Lipinski definition) is 1. The van der Waals surface area contributed by atoms with E-state index in [1.54, 1.807) is 0 Å². The average molecular weight is 226 g/mol. The van der Waals surface area contributed by atoms with Crippen LogP contribution in [0.5, 0.6) is 0 Å². The molecule has 0 amide bonds. The van der Waals surface area contributed by atoms with Crippen molar-refractivity contribution >= 4 is 12.4 Å². The maximum atomic E-state index is 5.61. The van der Waals surface area contributed by atoms with Gasteiger partial charge in [0.1, 0.15) is 0 Å². The van der Waals surface area contributed by atoms with E-state index in [1.807, 2.05) is 37.3 Å². The number of nitrogens with two attached hydrogens (primary N) is 1. The first-order valence-corrected chi connectivity index (χ1v) is 4.42. The molecule has 2 N–H and O–H groups in total. The van der Waals surface area contributed by atoms with Crippen LogP contribution in [0.1, 0.15) is 18.9 Å². The molecule has 0 aliphatic rings. The van der Waals surface area contributed by atoms with Crippen LogP contribution in [0.3, 0.4) is 0 Å². The number of aromatic nitrogens is 2. The van der Waals surface area contributed by atoms with E-state index in [0.29, 0.717) is 11.7 Å². The summed E-state index contributed by atoms with van der Waals surface area (Å²) >= 11 is 0. The minimum absolute atomic E-state index is 0. The molecule has 1 heterocycles. The van der Waals surface area contributed by atoms with E-state index in [4.69, 9.17) is 10.3 Å². The van der Waals surface area contributed by atoms with Gasteiger partial charge in [0.15, 0.2) is 0 Å². The number of hydrogen-bond acceptors (Lipinski definition) is 4. The van der Waals surface area contributed by atoms with Gasteiger partial charge in [-0.2, -0.15) is 4.98 Å². The molecule has 0 saturated heterocycles. The Morgan fingerprint density at radius 2 is 1.93 bits per heavy atom. The van der Waals surface area contributed by atoms with Gasteiger partial charge in [0, 0.05) is 5.56 Å². The van der Waals surface area contributed by atoms with Crippen molar-refractivity contribution in [3.63, 3.8) is 0 Å². The van der Waals surface area contributed by atoms with Crippen LogP contribution < -0.4 is 5.73 Å². The van der Waals surface area contributed by atoms with Gasteiger partial charge in [-0.15, -0.1) is 12.4 Å². The summed E-state index contributed by atoms with van der Waals surface area (Å²) < 4.78 is 4.99. The molecule has 15 heavy (non-hydrogen) atoms. The van der Waals surface area contributed by atoms with Gasteiger partial charge in [-0.05, 0) is 6.92 Å². The molecule has 2 aromatic rings. The van der Waals surface area contributed by atoms with Crippen LogP contribution in [-0.2, 0) is 0 Å². The molecule has 2 rings (SSSR count). The topological polar surface area (TPSA) is 64.9 Å². The van der Waals surface area contributed by atoms with Crippen molar-refractivity contribution in [3.8, 4) is 11.4 Å². The Balaban J connectivity index is 0.00000112. The highest BCUT2D eigenvalue weighted by Crippen LogP contribution is 2.16. The average Bonchev–Trinajstić information content (AvgIpc) is 2.68. The van der Waals surface area contributed by atoms with E-state index in [0.717, 1.165) is 5.56 Å². The van der Waals surface area contributed by atoms with Crippen LogP contribution in [0.2, 0.25) is 0 Å². The fourth-order valence-corrected chi connectivity index (χ4v) is 1.12. The van der Waals surface area contributed by atoms with Crippen molar-refractivity contribution in [1.82, 2.24) is 10.1 Å². The Morgan fingerprint density at radius 3 is 2.47 bits per heavy atom. The van der Waals surface area contributed by atoms with Crippen molar-refractivity contribution < 1.29 is 4.52 Å². The summed E-state index contributed by atoms with van der Waals surface area (Å²) in [7, 11) is 0. The molecule has 4 nitrogen and oxygen atoms in total. The molecule has 0 bridgehead atoms. The number of rotatable bonds is 2. The summed E-state index contributed by atoms with van der Waals surface area (Å²) in [5.41, 5.74) is 6.54. The molecule has 1 aromatic carbocycles. The van der Waals surface area contributed by atoms with Gasteiger partial charge in [-0.3, -0.25) is 0 Å². The molecule has 0 unspecified atom stereocenters. The molecular formula is C10H12ClN3O. The lowest BCUT2D eigenvalue weighted by atomic mass is 10.2. The molecule has 0 fully saturated rings. The summed E-state index contributed by atoms with van der Waals surface area (Å²) in [6, 6.07) is 9.43. The molecule has 5 heteroatoms. The Labute approximate surface area is 93.9 Å². The first-order chi connectivity index (χ1) is 6.77. The van der Waals surface area contributed by atoms with Gasteiger partial charge in [0.25, 0.3) is 0 Å². The fourth-order valence-electron chi connectivity index (χ4n) is 1.12. The van der Waals surface area contributed by atoms with Crippen LogP contribution >= 0.6 is 12.4 Å². The SMILES string of the molecule is C[C@H](N)c1nc(-c2ccccc2)no1.Cl. The van der Waals surface area contributed by atoms with E-state index in [-0.39, 0.29) is 18.4 Å². The Morgan fingerprint density at radius 1 is 1.27 bits per heavy atom. The lowest BCUT2D eigenvalue weighted by Gasteiger charge is -1.93. The second-order valence-electron chi connectivity index (χ2n) is 3.11. The maximum Gasteiger partial charge on any atom is 0.243 e. The third-order valence-electron chi connectivity index (χ3n) is 1.86. The molecule has 80 valence electrons. The van der Waals surface area contributed by atoms with E-state index in [1.165, 1.54) is 0 Å². The van der Waals surface area contributed by atoms with Crippen molar-refractivity contribution in [2.45, 2.75) is 13.0 Å². The van der Waals surface area contributed by atoms with Gasteiger partial charge in [-0.1, -0.05) is 35.5 Å². The summed E-state index contributed by atoms with van der Waals surface area (Å²) in [6.45, 7) is 1.81. The second-order valence-corrected chi connectivity index (χ2v) is 3.11. The molecular weight excluding hydrogens is 214 g/mol. The molecule has 1 atom stereocenters. The second kappa shape index (κ2) is 4.91. The quantitative estimate of drug-likeness (QED) is 0.851. The number of halogens is 1. The first-order valence-electron chi connectivity index (χ1n) is 4.42. The van der Waals surface area contributed by atoms with Crippen LogP contribution in [0.15, 0.2) is 34.9 Å². The highest BCUT2D eigenvalue weighted by atomic mass is 35.5. The minimum atomic E-state index is -0.222. The zero-order chi connectivity index (χ0) is 9.97. The highest BCUT2D eigenvalue weighted by molar-refractivity contribution is 5.85. The van der Waals surface area contributed by atoms with Crippen LogP contribution in [0, 0.1) is 0 Å². The fraction of sp³-hybridized carbons (Fsp3) is 0.200. The Kier molecular flexibility index (Phi) is 3.82. The summed E-state index contributed by atoms with van der Waals surface area (Å²) in [4.78, 5) is 4.18. The Hall–Kier alpha value is -1.39. The van der Waals surface area contributed by atoms with Crippen LogP contribution in [0.4, 0.5) is 0 Å². The van der Waals surface area contributed by atoms with Gasteiger partial charge in [0.2, 0.25) is 11.7 Å². The third kappa shape index (κ3) is 2.55. The molecule has 0 radical (unpaired) electrons. The predicted octanol–water partition coefficient (Wildman–Crippen LogP) is 2.18. The van der Waals surface area contributed by atoms with Gasteiger partial charge in [0.05, 0.1) is 6.04 Å². The van der Waals surface area contributed by atoms with Crippen LogP contribution in [-0.4, -0.2) is 10.1 Å². The van der Waals surface area contributed by atoms with E-state index in [9.17, 15) is 0 Å². The van der Waals surface area contributed by atoms with E-state index in [2.05, 4.69) is 10.1 Å². The normalized spacial score (nSPS) is 11.9. The first kappa shape index (κ1) is 11.7. The number of benzene rings is 1. The van der Waals surface area contributed by atoms with E-state index >= 15 is 0 Å². The molecule has 0 aliphatic carbocycles.